The summed E-state index contributed by atoms with van der Waals surface area (Å²) in [6.45, 7) is 1.96. The van der Waals surface area contributed by atoms with Crippen LogP contribution in [-0.2, 0) is 4.79 Å². The molecule has 82 valence electrons. The summed E-state index contributed by atoms with van der Waals surface area (Å²) in [5, 5.41) is 17.3. The van der Waals surface area contributed by atoms with E-state index in [0.717, 1.165) is 5.75 Å². The fraction of sp³-hybridized carbons (Fsp3) is 0.333. The Bertz CT molecular complexity index is 337. The highest BCUT2D eigenvalue weighted by molar-refractivity contribution is 8.22. The van der Waals surface area contributed by atoms with Gasteiger partial charge in [0.25, 0.3) is 0 Å². The lowest BCUT2D eigenvalue weighted by Crippen LogP contribution is -2.39. The van der Waals surface area contributed by atoms with E-state index in [1.165, 1.54) is 23.1 Å². The number of carbonyl (C=O) groups is 1. The van der Waals surface area contributed by atoms with E-state index in [1.54, 1.807) is 11.4 Å². The minimum absolute atomic E-state index is 0.484. The third-order valence-corrected chi connectivity index (χ3v) is 3.49. The lowest BCUT2D eigenvalue weighted by atomic mass is 10.1. The first-order valence-corrected chi connectivity index (χ1v) is 6.65. The first-order chi connectivity index (χ1) is 7.15. The third-order valence-electron chi connectivity index (χ3n) is 1.65. The van der Waals surface area contributed by atoms with Crippen LogP contribution < -0.4 is 10.4 Å². The Balaban J connectivity index is 2.68. The zero-order chi connectivity index (χ0) is 11.3. The largest absolute Gasteiger partial charge is 0.548 e. The predicted molar refractivity (Wildman–Crippen MR) is 65.9 cm³/mol. The van der Waals surface area contributed by atoms with Gasteiger partial charge < -0.3 is 15.2 Å². The highest BCUT2D eigenvalue weighted by atomic mass is 32.2. The van der Waals surface area contributed by atoms with Crippen molar-refractivity contribution in [1.82, 2.24) is 5.32 Å². The molecule has 6 heteroatoms. The van der Waals surface area contributed by atoms with Crippen molar-refractivity contribution < 1.29 is 9.90 Å². The fourth-order valence-electron chi connectivity index (χ4n) is 1.01. The van der Waals surface area contributed by atoms with Gasteiger partial charge in [-0.3, -0.25) is 0 Å². The van der Waals surface area contributed by atoms with Gasteiger partial charge >= 0.3 is 0 Å². The molecular weight excluding hydrogens is 250 g/mol. The van der Waals surface area contributed by atoms with Crippen LogP contribution in [0, 0.1) is 0 Å². The van der Waals surface area contributed by atoms with Crippen LogP contribution in [0.2, 0.25) is 0 Å². The van der Waals surface area contributed by atoms with E-state index in [9.17, 15) is 9.90 Å². The summed E-state index contributed by atoms with van der Waals surface area (Å²) in [6.07, 6.45) is 0. The van der Waals surface area contributed by atoms with Crippen molar-refractivity contribution in [2.75, 3.05) is 5.75 Å². The van der Waals surface area contributed by atoms with E-state index in [0.29, 0.717) is 9.88 Å². The molecule has 1 heterocycles. The van der Waals surface area contributed by atoms with Crippen molar-refractivity contribution >= 4 is 45.6 Å². The minimum Gasteiger partial charge on any atom is -0.548 e. The lowest BCUT2D eigenvalue weighted by Gasteiger charge is -2.19. The van der Waals surface area contributed by atoms with Crippen molar-refractivity contribution in [3.8, 4) is 0 Å². The van der Waals surface area contributed by atoms with Gasteiger partial charge in [0.1, 0.15) is 4.32 Å². The minimum atomic E-state index is -1.16. The van der Waals surface area contributed by atoms with Gasteiger partial charge in [0.15, 0.2) is 0 Å². The van der Waals surface area contributed by atoms with Crippen LogP contribution in [0.1, 0.15) is 18.5 Å². The Hall–Kier alpha value is -0.590. The predicted octanol–water partition coefficient (Wildman–Crippen LogP) is 1.17. The maximum Gasteiger partial charge on any atom is 0.134 e. The molecule has 0 aliphatic heterocycles. The SMILES string of the molecule is CCSC(=S)NC(C(=O)[O-])c1ccsc1. The second-order valence-electron chi connectivity index (χ2n) is 2.67. The molecule has 0 bridgehead atoms. The monoisotopic (exact) mass is 260 g/mol. The topological polar surface area (TPSA) is 52.2 Å². The number of carboxylic acids is 1. The Morgan fingerprint density at radius 3 is 3.00 bits per heavy atom. The molecule has 3 nitrogen and oxygen atoms in total. The maximum atomic E-state index is 10.9. The average molecular weight is 260 g/mol. The fourth-order valence-corrected chi connectivity index (χ4v) is 2.63. The molecule has 0 fully saturated rings. The van der Waals surface area contributed by atoms with Crippen LogP contribution in [0.25, 0.3) is 0 Å². The van der Waals surface area contributed by atoms with E-state index in [2.05, 4.69) is 5.32 Å². The Morgan fingerprint density at radius 1 is 1.80 bits per heavy atom. The van der Waals surface area contributed by atoms with Gasteiger partial charge in [-0.1, -0.05) is 30.9 Å². The molecule has 1 unspecified atom stereocenters. The zero-order valence-electron chi connectivity index (χ0n) is 8.06. The number of nitrogens with one attached hydrogen (secondary N) is 1. The van der Waals surface area contributed by atoms with E-state index in [4.69, 9.17) is 12.2 Å². The highest BCUT2D eigenvalue weighted by Crippen LogP contribution is 2.17. The second kappa shape index (κ2) is 6.09. The number of hydrogen-bond donors (Lipinski definition) is 1. The van der Waals surface area contributed by atoms with Gasteiger partial charge in [0.2, 0.25) is 0 Å². The number of aliphatic carboxylic acids is 1. The number of rotatable bonds is 4. The summed E-state index contributed by atoms with van der Waals surface area (Å²) in [6, 6.07) is 0.903. The molecule has 0 aromatic carbocycles. The summed E-state index contributed by atoms with van der Waals surface area (Å²) >= 11 is 7.84. The van der Waals surface area contributed by atoms with Gasteiger partial charge in [-0.2, -0.15) is 11.3 Å². The average Bonchev–Trinajstić information content (AvgIpc) is 2.66. The first-order valence-electron chi connectivity index (χ1n) is 4.31. The molecule has 1 N–H and O–H groups in total. The summed E-state index contributed by atoms with van der Waals surface area (Å²) < 4.78 is 0.484. The van der Waals surface area contributed by atoms with Crippen molar-refractivity contribution in [3.05, 3.63) is 22.4 Å². The van der Waals surface area contributed by atoms with Crippen molar-refractivity contribution in [3.63, 3.8) is 0 Å². The van der Waals surface area contributed by atoms with Gasteiger partial charge in [-0.15, -0.1) is 0 Å². The van der Waals surface area contributed by atoms with E-state index < -0.39 is 12.0 Å². The number of thioether (sulfide) groups is 1. The van der Waals surface area contributed by atoms with Crippen LogP contribution >= 0.6 is 35.3 Å². The Kier molecular flexibility index (Phi) is 5.07. The third kappa shape index (κ3) is 3.81. The van der Waals surface area contributed by atoms with Gasteiger partial charge in [-0.25, -0.2) is 0 Å². The van der Waals surface area contributed by atoms with Crippen molar-refractivity contribution in [2.45, 2.75) is 13.0 Å². The van der Waals surface area contributed by atoms with Crippen LogP contribution in [0.15, 0.2) is 16.8 Å². The second-order valence-corrected chi connectivity index (χ2v) is 5.39. The molecule has 0 aliphatic rings. The summed E-state index contributed by atoms with van der Waals surface area (Å²) in [7, 11) is 0. The molecule has 0 amide bonds. The highest BCUT2D eigenvalue weighted by Gasteiger charge is 2.13. The number of thiocarbonyl (C=S) groups is 1. The van der Waals surface area contributed by atoms with Crippen LogP contribution in [0.5, 0.6) is 0 Å². The standard InChI is InChI=1S/C9H11NO2S3/c1-2-15-9(13)10-7(8(11)12)6-3-4-14-5-6/h3-5,7H,2H2,1H3,(H,10,13)(H,11,12)/p-1. The van der Waals surface area contributed by atoms with E-state index in [-0.39, 0.29) is 0 Å². The number of hydrogen-bond acceptors (Lipinski definition) is 5. The quantitative estimate of drug-likeness (QED) is 0.824. The van der Waals surface area contributed by atoms with Crippen molar-refractivity contribution in [2.24, 2.45) is 0 Å². The summed E-state index contributed by atoms with van der Waals surface area (Å²) in [4.78, 5) is 10.9. The molecule has 1 aromatic rings. The number of carboxylic acid groups (broad SMARTS) is 1. The molecule has 15 heavy (non-hydrogen) atoms. The Labute approximate surface area is 102 Å². The molecule has 0 saturated carbocycles. The molecule has 0 saturated heterocycles. The number of thiophene rings is 1. The van der Waals surface area contributed by atoms with Gasteiger partial charge in [-0.05, 0) is 28.1 Å². The lowest BCUT2D eigenvalue weighted by molar-refractivity contribution is -0.308. The molecule has 0 spiro atoms. The smallest absolute Gasteiger partial charge is 0.134 e. The van der Waals surface area contributed by atoms with Gasteiger partial charge in [0, 0.05) is 0 Å². The maximum absolute atomic E-state index is 10.9. The molecule has 1 aromatic heterocycles. The molecule has 0 aliphatic carbocycles. The molecular formula is C9H10NO2S3-. The van der Waals surface area contributed by atoms with E-state index in [1.807, 2.05) is 12.3 Å². The summed E-state index contributed by atoms with van der Waals surface area (Å²) in [5.41, 5.74) is 0.680. The first kappa shape index (κ1) is 12.5. The zero-order valence-corrected chi connectivity index (χ0v) is 10.5. The molecule has 0 radical (unpaired) electrons. The van der Waals surface area contributed by atoms with Crippen LogP contribution in [0.3, 0.4) is 0 Å². The molecule has 1 rings (SSSR count). The van der Waals surface area contributed by atoms with Gasteiger partial charge in [0.05, 0.1) is 12.0 Å². The van der Waals surface area contributed by atoms with Crippen LogP contribution in [0.4, 0.5) is 0 Å². The van der Waals surface area contributed by atoms with Crippen LogP contribution in [-0.4, -0.2) is 16.0 Å². The Morgan fingerprint density at radius 2 is 2.53 bits per heavy atom. The normalized spacial score (nSPS) is 12.1. The van der Waals surface area contributed by atoms with E-state index >= 15 is 0 Å². The van der Waals surface area contributed by atoms with Crippen molar-refractivity contribution in [1.29, 1.82) is 0 Å². The number of carbonyl (C=O) groups excluding carboxylic acids is 1. The molecule has 1 atom stereocenters. The summed E-state index contributed by atoms with van der Waals surface area (Å²) in [5.74, 6) is -0.345.